The van der Waals surface area contributed by atoms with E-state index in [-0.39, 0.29) is 17.6 Å². The zero-order valence-corrected chi connectivity index (χ0v) is 14.0. The Morgan fingerprint density at radius 2 is 1.91 bits per heavy atom. The van der Waals surface area contributed by atoms with Gasteiger partial charge in [0, 0.05) is 12.6 Å². The van der Waals surface area contributed by atoms with Gasteiger partial charge in [-0.25, -0.2) is 12.8 Å². The maximum Gasteiger partial charge on any atom is 0.214 e. The van der Waals surface area contributed by atoms with E-state index < -0.39 is 16.1 Å². The lowest BCUT2D eigenvalue weighted by Gasteiger charge is -2.26. The number of benzene rings is 1. The van der Waals surface area contributed by atoms with Gasteiger partial charge in [-0.15, -0.1) is 0 Å². The van der Waals surface area contributed by atoms with Gasteiger partial charge in [0.1, 0.15) is 5.82 Å². The van der Waals surface area contributed by atoms with E-state index in [4.69, 9.17) is 0 Å². The first-order valence-corrected chi connectivity index (χ1v) is 9.99. The van der Waals surface area contributed by atoms with Gasteiger partial charge in [0.25, 0.3) is 0 Å². The number of halogens is 1. The number of aliphatic hydroxyl groups excluding tert-OH is 1. The lowest BCUT2D eigenvalue weighted by molar-refractivity contribution is 0.142. The summed E-state index contributed by atoms with van der Waals surface area (Å²) in [6.45, 7) is 0.549. The number of rotatable bonds is 7. The summed E-state index contributed by atoms with van der Waals surface area (Å²) in [4.78, 5) is 0. The van der Waals surface area contributed by atoms with E-state index in [1.807, 2.05) is 0 Å². The largest absolute Gasteiger partial charge is 0.388 e. The molecule has 1 aliphatic heterocycles. The van der Waals surface area contributed by atoms with E-state index in [9.17, 15) is 17.9 Å². The summed E-state index contributed by atoms with van der Waals surface area (Å²) in [6.07, 6.45) is 4.29. The van der Waals surface area contributed by atoms with E-state index in [2.05, 4.69) is 0 Å². The van der Waals surface area contributed by atoms with Crippen molar-refractivity contribution >= 4 is 10.0 Å². The van der Waals surface area contributed by atoms with Gasteiger partial charge < -0.3 is 5.11 Å². The molecule has 3 rings (SSSR count). The summed E-state index contributed by atoms with van der Waals surface area (Å²) in [5.41, 5.74) is 0.633. The molecule has 0 radical (unpaired) electrons. The van der Waals surface area contributed by atoms with Crippen LogP contribution in [0.2, 0.25) is 0 Å². The number of hydrogen-bond donors (Lipinski definition) is 1. The molecule has 0 aromatic heterocycles. The lowest BCUT2D eigenvalue weighted by Crippen LogP contribution is -2.38. The summed E-state index contributed by atoms with van der Waals surface area (Å²) in [7, 11) is -3.24. The Balaban J connectivity index is 1.62. The molecule has 23 heavy (non-hydrogen) atoms. The van der Waals surface area contributed by atoms with Crippen LogP contribution in [-0.4, -0.2) is 36.2 Å². The van der Waals surface area contributed by atoms with Crippen LogP contribution >= 0.6 is 0 Å². The molecule has 1 N–H and O–H groups in total. The van der Waals surface area contributed by atoms with E-state index in [1.165, 1.54) is 12.1 Å². The first-order valence-electron chi connectivity index (χ1n) is 8.39. The Morgan fingerprint density at radius 1 is 1.22 bits per heavy atom. The van der Waals surface area contributed by atoms with Crippen LogP contribution in [0.25, 0.3) is 0 Å². The van der Waals surface area contributed by atoms with Crippen LogP contribution in [0.5, 0.6) is 0 Å². The molecule has 1 saturated heterocycles. The summed E-state index contributed by atoms with van der Waals surface area (Å²) < 4.78 is 39.6. The van der Waals surface area contributed by atoms with Gasteiger partial charge in [0.15, 0.2) is 0 Å². The molecule has 1 heterocycles. The SMILES string of the molecule is O=S(=O)(CCC1CC1)N1CCCC1CC(O)c1ccc(F)cc1. The lowest BCUT2D eigenvalue weighted by atomic mass is 10.0. The molecule has 128 valence electrons. The van der Waals surface area contributed by atoms with Crippen LogP contribution in [0, 0.1) is 11.7 Å². The van der Waals surface area contributed by atoms with Crippen molar-refractivity contribution in [1.82, 2.24) is 4.31 Å². The van der Waals surface area contributed by atoms with Crippen molar-refractivity contribution in [3.63, 3.8) is 0 Å². The molecule has 2 unspecified atom stereocenters. The van der Waals surface area contributed by atoms with Crippen molar-refractivity contribution in [1.29, 1.82) is 0 Å². The predicted molar refractivity (Wildman–Crippen MR) is 86.8 cm³/mol. The molecule has 1 aromatic carbocycles. The number of nitrogens with zero attached hydrogens (tertiary/aromatic N) is 1. The molecule has 2 aliphatic rings. The second-order valence-electron chi connectivity index (χ2n) is 6.76. The molecule has 0 spiro atoms. The molecule has 1 aliphatic carbocycles. The van der Waals surface area contributed by atoms with E-state index in [0.717, 1.165) is 32.1 Å². The Morgan fingerprint density at radius 3 is 2.57 bits per heavy atom. The fourth-order valence-electron chi connectivity index (χ4n) is 3.33. The van der Waals surface area contributed by atoms with Crippen molar-refractivity contribution < 1.29 is 17.9 Å². The number of aliphatic hydroxyl groups is 1. The zero-order chi connectivity index (χ0) is 16.4. The molecular formula is C17H24FNO3S. The summed E-state index contributed by atoms with van der Waals surface area (Å²) >= 11 is 0. The van der Waals surface area contributed by atoms with Crippen LogP contribution in [0.4, 0.5) is 4.39 Å². The van der Waals surface area contributed by atoms with Crippen molar-refractivity contribution in [2.45, 2.75) is 50.7 Å². The Kier molecular flexibility index (Phi) is 5.04. The van der Waals surface area contributed by atoms with Gasteiger partial charge in [-0.3, -0.25) is 0 Å². The molecule has 1 saturated carbocycles. The molecule has 2 fully saturated rings. The van der Waals surface area contributed by atoms with Gasteiger partial charge in [0.2, 0.25) is 10.0 Å². The Hall–Kier alpha value is -0.980. The fourth-order valence-corrected chi connectivity index (χ4v) is 5.25. The maximum atomic E-state index is 13.0. The monoisotopic (exact) mass is 341 g/mol. The van der Waals surface area contributed by atoms with E-state index in [0.29, 0.717) is 24.4 Å². The minimum absolute atomic E-state index is 0.153. The molecule has 1 aromatic rings. The molecule has 0 bridgehead atoms. The highest BCUT2D eigenvalue weighted by atomic mass is 32.2. The van der Waals surface area contributed by atoms with Gasteiger partial charge in [0.05, 0.1) is 11.9 Å². The van der Waals surface area contributed by atoms with Crippen LogP contribution in [-0.2, 0) is 10.0 Å². The van der Waals surface area contributed by atoms with Gasteiger partial charge >= 0.3 is 0 Å². The average molecular weight is 341 g/mol. The standard InChI is InChI=1S/C17H24FNO3S/c18-15-7-5-14(6-8-15)17(20)12-16-2-1-10-19(16)23(21,22)11-9-13-3-4-13/h5-8,13,16-17,20H,1-4,9-12H2. The average Bonchev–Trinajstić information content (AvgIpc) is 3.23. The van der Waals surface area contributed by atoms with Crippen molar-refractivity contribution in [3.8, 4) is 0 Å². The topological polar surface area (TPSA) is 57.6 Å². The van der Waals surface area contributed by atoms with Crippen LogP contribution in [0.1, 0.15) is 50.2 Å². The Bertz CT molecular complexity index is 628. The fraction of sp³-hybridized carbons (Fsp3) is 0.647. The summed E-state index contributed by atoms with van der Waals surface area (Å²) in [5.74, 6) is 0.475. The number of sulfonamides is 1. The highest BCUT2D eigenvalue weighted by molar-refractivity contribution is 7.89. The van der Waals surface area contributed by atoms with E-state index >= 15 is 0 Å². The van der Waals surface area contributed by atoms with Crippen molar-refractivity contribution in [2.75, 3.05) is 12.3 Å². The molecule has 6 heteroatoms. The van der Waals surface area contributed by atoms with Gasteiger partial charge in [-0.2, -0.15) is 4.31 Å². The van der Waals surface area contributed by atoms with E-state index in [1.54, 1.807) is 16.4 Å². The first kappa shape index (κ1) is 16.9. The minimum Gasteiger partial charge on any atom is -0.388 e. The maximum absolute atomic E-state index is 13.0. The van der Waals surface area contributed by atoms with Crippen molar-refractivity contribution in [3.05, 3.63) is 35.6 Å². The second kappa shape index (κ2) is 6.87. The van der Waals surface area contributed by atoms with Gasteiger partial charge in [-0.1, -0.05) is 25.0 Å². The smallest absolute Gasteiger partial charge is 0.214 e. The predicted octanol–water partition coefficient (Wildman–Crippen LogP) is 2.84. The third kappa shape index (κ3) is 4.31. The second-order valence-corrected chi connectivity index (χ2v) is 8.80. The first-order chi connectivity index (χ1) is 11.0. The number of hydrogen-bond acceptors (Lipinski definition) is 3. The molecule has 0 amide bonds. The molecule has 2 atom stereocenters. The quantitative estimate of drug-likeness (QED) is 0.830. The minimum atomic E-state index is -3.24. The van der Waals surface area contributed by atoms with Crippen molar-refractivity contribution in [2.24, 2.45) is 5.92 Å². The third-order valence-electron chi connectivity index (χ3n) is 4.91. The molecular weight excluding hydrogens is 317 g/mol. The Labute approximate surface area is 137 Å². The zero-order valence-electron chi connectivity index (χ0n) is 13.2. The third-order valence-corrected chi connectivity index (χ3v) is 6.86. The van der Waals surface area contributed by atoms with Crippen LogP contribution in [0.3, 0.4) is 0 Å². The van der Waals surface area contributed by atoms with Gasteiger partial charge in [-0.05, 0) is 49.3 Å². The highest BCUT2D eigenvalue weighted by Gasteiger charge is 2.36. The summed E-state index contributed by atoms with van der Waals surface area (Å²) in [5, 5.41) is 10.3. The highest BCUT2D eigenvalue weighted by Crippen LogP contribution is 2.34. The summed E-state index contributed by atoms with van der Waals surface area (Å²) in [6, 6.07) is 5.59. The molecule has 4 nitrogen and oxygen atoms in total. The van der Waals surface area contributed by atoms with Crippen LogP contribution in [0.15, 0.2) is 24.3 Å². The van der Waals surface area contributed by atoms with Crippen LogP contribution < -0.4 is 0 Å². The normalized spacial score (nSPS) is 24.0.